The van der Waals surface area contributed by atoms with Crippen molar-refractivity contribution in [3.63, 3.8) is 0 Å². The maximum atomic E-state index is 10.9. The largest absolute Gasteiger partial charge is 0.399 e. The summed E-state index contributed by atoms with van der Waals surface area (Å²) in [5, 5.41) is 10.9. The molecule has 2 aliphatic rings. The Morgan fingerprint density at radius 3 is 1.70 bits per heavy atom. The van der Waals surface area contributed by atoms with Crippen molar-refractivity contribution in [1.82, 2.24) is 28.7 Å². The number of nitro groups is 1. The van der Waals surface area contributed by atoms with E-state index < -0.39 is 4.92 Å². The fourth-order valence-electron chi connectivity index (χ4n) is 5.57. The second-order valence-corrected chi connectivity index (χ2v) is 10.8. The minimum Gasteiger partial charge on any atom is -0.399 e. The van der Waals surface area contributed by atoms with Crippen molar-refractivity contribution in [2.24, 2.45) is 0 Å². The zero-order chi connectivity index (χ0) is 31.5. The number of nitro benzene ring substituents is 1. The molecular formula is C32H32N10O4. The molecule has 4 aromatic heterocycles. The van der Waals surface area contributed by atoms with E-state index in [0.29, 0.717) is 36.0 Å². The van der Waals surface area contributed by atoms with Crippen LogP contribution in [0, 0.1) is 10.1 Å². The number of nitrogen functional groups attached to an aromatic ring is 1. The molecule has 6 aromatic rings. The van der Waals surface area contributed by atoms with E-state index >= 15 is 0 Å². The first kappa shape index (κ1) is 29.1. The Labute approximate surface area is 263 Å². The summed E-state index contributed by atoms with van der Waals surface area (Å²) in [5.41, 5.74) is 9.85. The number of aromatic nitrogens is 6. The number of hydrogen-bond acceptors (Lipinski definition) is 11. The quantitative estimate of drug-likeness (QED) is 0.169. The third-order valence-corrected chi connectivity index (χ3v) is 7.92. The number of nitrogens with two attached hydrogens (primary N) is 1. The normalized spacial score (nSPS) is 15.1. The van der Waals surface area contributed by atoms with Gasteiger partial charge >= 0.3 is 0 Å². The fourth-order valence-corrected chi connectivity index (χ4v) is 5.57. The molecule has 0 aliphatic carbocycles. The molecule has 14 heteroatoms. The molecule has 0 atom stereocenters. The Bertz CT molecular complexity index is 2000. The molecule has 0 saturated carbocycles. The van der Waals surface area contributed by atoms with E-state index in [2.05, 4.69) is 29.7 Å². The highest BCUT2D eigenvalue weighted by atomic mass is 16.6. The van der Waals surface area contributed by atoms with Crippen LogP contribution in [-0.2, 0) is 9.47 Å². The molecule has 0 amide bonds. The zero-order valence-electron chi connectivity index (χ0n) is 25.0. The predicted molar refractivity (Wildman–Crippen MR) is 174 cm³/mol. The van der Waals surface area contributed by atoms with Gasteiger partial charge in [-0.2, -0.15) is 0 Å². The number of morpholine rings is 2. The number of benzene rings is 2. The van der Waals surface area contributed by atoms with Crippen LogP contribution in [0.15, 0.2) is 85.5 Å². The first-order valence-corrected chi connectivity index (χ1v) is 15.0. The number of nitrogens with zero attached hydrogens (tertiary/aromatic N) is 9. The lowest BCUT2D eigenvalue weighted by molar-refractivity contribution is -0.384. The van der Waals surface area contributed by atoms with Gasteiger partial charge in [0, 0.05) is 67.5 Å². The van der Waals surface area contributed by atoms with Crippen molar-refractivity contribution in [1.29, 1.82) is 0 Å². The van der Waals surface area contributed by atoms with Gasteiger partial charge in [-0.3, -0.25) is 18.9 Å². The van der Waals surface area contributed by atoms with Crippen molar-refractivity contribution in [2.45, 2.75) is 0 Å². The second-order valence-electron chi connectivity index (χ2n) is 10.8. The topological polar surface area (TPSA) is 154 Å². The van der Waals surface area contributed by atoms with Gasteiger partial charge in [-0.05, 0) is 24.3 Å². The molecule has 0 spiro atoms. The third kappa shape index (κ3) is 6.03. The van der Waals surface area contributed by atoms with Crippen molar-refractivity contribution < 1.29 is 14.4 Å². The molecule has 46 heavy (non-hydrogen) atoms. The Balaban J connectivity index is 0.000000147. The molecule has 234 valence electrons. The van der Waals surface area contributed by atoms with Gasteiger partial charge in [0.05, 0.1) is 55.1 Å². The monoisotopic (exact) mass is 620 g/mol. The lowest BCUT2D eigenvalue weighted by Gasteiger charge is -2.27. The maximum Gasteiger partial charge on any atom is 0.270 e. The van der Waals surface area contributed by atoms with Crippen LogP contribution in [0.4, 0.5) is 23.0 Å². The Morgan fingerprint density at radius 2 is 1.20 bits per heavy atom. The summed E-state index contributed by atoms with van der Waals surface area (Å²) in [6, 6.07) is 18.0. The molecule has 2 fully saturated rings. The smallest absolute Gasteiger partial charge is 0.270 e. The van der Waals surface area contributed by atoms with Crippen molar-refractivity contribution in [2.75, 3.05) is 68.1 Å². The van der Waals surface area contributed by atoms with Crippen molar-refractivity contribution >= 4 is 34.6 Å². The zero-order valence-corrected chi connectivity index (χ0v) is 25.0. The minimum absolute atomic E-state index is 0.0477. The van der Waals surface area contributed by atoms with Crippen molar-refractivity contribution in [3.8, 4) is 22.5 Å². The summed E-state index contributed by atoms with van der Waals surface area (Å²) in [7, 11) is 0. The van der Waals surface area contributed by atoms with E-state index in [1.807, 2.05) is 63.8 Å². The Morgan fingerprint density at radius 1 is 0.696 bits per heavy atom. The van der Waals surface area contributed by atoms with E-state index in [1.165, 1.54) is 12.1 Å². The van der Waals surface area contributed by atoms with Crippen LogP contribution < -0.4 is 15.5 Å². The molecule has 2 saturated heterocycles. The summed E-state index contributed by atoms with van der Waals surface area (Å²) in [5.74, 6) is 3.30. The molecule has 14 nitrogen and oxygen atoms in total. The number of non-ortho nitro benzene ring substituents is 1. The molecule has 2 aromatic carbocycles. The van der Waals surface area contributed by atoms with Crippen LogP contribution in [0.1, 0.15) is 0 Å². The highest BCUT2D eigenvalue weighted by Gasteiger charge is 2.18. The van der Waals surface area contributed by atoms with Crippen LogP contribution in [-0.4, -0.2) is 86.3 Å². The molecule has 0 bridgehead atoms. The summed E-state index contributed by atoms with van der Waals surface area (Å²) < 4.78 is 14.7. The van der Waals surface area contributed by atoms with Crippen LogP contribution in [0.25, 0.3) is 34.1 Å². The lowest BCUT2D eigenvalue weighted by atomic mass is 10.1. The fraction of sp³-hybridized carbons (Fsp3) is 0.250. The molecule has 8 rings (SSSR count). The highest BCUT2D eigenvalue weighted by Crippen LogP contribution is 2.25. The average Bonchev–Trinajstić information content (AvgIpc) is 3.73. The van der Waals surface area contributed by atoms with Gasteiger partial charge in [0.1, 0.15) is 11.6 Å². The van der Waals surface area contributed by atoms with Gasteiger partial charge in [0.15, 0.2) is 0 Å². The van der Waals surface area contributed by atoms with Gasteiger partial charge in [-0.15, -0.1) is 0 Å². The van der Waals surface area contributed by atoms with Crippen molar-refractivity contribution in [3.05, 3.63) is 95.6 Å². The summed E-state index contributed by atoms with van der Waals surface area (Å²) in [4.78, 5) is 33.0. The second kappa shape index (κ2) is 12.8. The SMILES string of the molecule is Nc1cccc(-c2ccn3c(N4CCOCC4)cnc3n2)c1.O=[N+]([O-])c1cccc(-c2ccn3c(N4CCOCC4)cnc3n2)c1. The van der Waals surface area contributed by atoms with Crippen LogP contribution in [0.2, 0.25) is 0 Å². The van der Waals surface area contributed by atoms with Crippen LogP contribution in [0.5, 0.6) is 0 Å². The molecule has 0 radical (unpaired) electrons. The maximum absolute atomic E-state index is 10.9. The molecule has 0 unspecified atom stereocenters. The average molecular weight is 621 g/mol. The first-order valence-electron chi connectivity index (χ1n) is 15.0. The Hall–Kier alpha value is -5.60. The number of anilines is 3. The standard InChI is InChI=1S/C16H15N5O3.C16H17N5O/c22-21(23)13-3-1-2-12(10-13)14-4-5-20-15(11-17-16(20)18-14)19-6-8-24-9-7-19;17-13-3-1-2-12(10-13)14-4-5-21-15(11-18-16(21)19-14)20-6-8-22-9-7-20/h1-5,10-11H,6-9H2;1-5,10-11H,6-9,17H2. The van der Waals surface area contributed by atoms with E-state index in [1.54, 1.807) is 18.3 Å². The van der Waals surface area contributed by atoms with Crippen LogP contribution >= 0.6 is 0 Å². The highest BCUT2D eigenvalue weighted by molar-refractivity contribution is 5.66. The minimum atomic E-state index is -0.409. The van der Waals surface area contributed by atoms with Gasteiger partial charge in [0.2, 0.25) is 11.6 Å². The number of ether oxygens (including phenoxy) is 2. The Kier molecular flexibility index (Phi) is 8.10. The molecule has 2 aliphatic heterocycles. The molecule has 6 heterocycles. The number of fused-ring (bicyclic) bond motifs is 2. The molecule has 2 N–H and O–H groups in total. The van der Waals surface area contributed by atoms with E-state index in [4.69, 9.17) is 15.2 Å². The number of imidazole rings is 2. The predicted octanol–water partition coefficient (Wildman–Crippen LogP) is 3.96. The summed E-state index contributed by atoms with van der Waals surface area (Å²) in [6.07, 6.45) is 7.58. The van der Waals surface area contributed by atoms with E-state index in [0.717, 1.165) is 68.0 Å². The third-order valence-electron chi connectivity index (χ3n) is 7.92. The number of rotatable bonds is 5. The van der Waals surface area contributed by atoms with E-state index in [9.17, 15) is 10.1 Å². The van der Waals surface area contributed by atoms with E-state index in [-0.39, 0.29) is 5.69 Å². The molecular weight excluding hydrogens is 588 g/mol. The van der Waals surface area contributed by atoms with Gasteiger partial charge < -0.3 is 25.0 Å². The van der Waals surface area contributed by atoms with Crippen LogP contribution in [0.3, 0.4) is 0 Å². The lowest BCUT2D eigenvalue weighted by Crippen LogP contribution is -2.36. The van der Waals surface area contributed by atoms with Gasteiger partial charge in [-0.1, -0.05) is 24.3 Å². The number of hydrogen-bond donors (Lipinski definition) is 1. The summed E-state index contributed by atoms with van der Waals surface area (Å²) in [6.45, 7) is 6.30. The summed E-state index contributed by atoms with van der Waals surface area (Å²) >= 11 is 0. The van der Waals surface area contributed by atoms with Gasteiger partial charge in [0.25, 0.3) is 5.69 Å². The first-order chi connectivity index (χ1) is 22.5. The van der Waals surface area contributed by atoms with Gasteiger partial charge in [-0.25, -0.2) is 19.9 Å².